The van der Waals surface area contributed by atoms with Crippen LogP contribution < -0.4 is 10.6 Å². The molecular formula is C16H18ClN3O4. The topological polar surface area (TPSA) is 93.5 Å². The van der Waals surface area contributed by atoms with Crippen molar-refractivity contribution in [2.45, 2.75) is 19.4 Å². The van der Waals surface area contributed by atoms with E-state index < -0.39 is 17.4 Å². The first kappa shape index (κ1) is 18.0. The molecule has 0 bridgehead atoms. The van der Waals surface area contributed by atoms with Gasteiger partial charge in [0.25, 0.3) is 0 Å². The van der Waals surface area contributed by atoms with Crippen LogP contribution >= 0.6 is 11.6 Å². The molecule has 0 saturated carbocycles. The monoisotopic (exact) mass is 351 g/mol. The number of ether oxygens (including phenoxy) is 1. The van der Waals surface area contributed by atoms with E-state index in [-0.39, 0.29) is 12.4 Å². The van der Waals surface area contributed by atoms with Gasteiger partial charge in [0.05, 0.1) is 6.54 Å². The Balaban J connectivity index is 1.99. The third kappa shape index (κ3) is 4.33. The van der Waals surface area contributed by atoms with E-state index in [2.05, 4.69) is 15.8 Å². The van der Waals surface area contributed by atoms with Crippen molar-refractivity contribution in [3.05, 3.63) is 46.7 Å². The van der Waals surface area contributed by atoms with E-state index in [1.54, 1.807) is 32.0 Å². The summed E-state index contributed by atoms with van der Waals surface area (Å²) in [5, 5.41) is 9.04. The standard InChI is InChI=1S/C16H18ClN3O4/c1-10-7-13(20-24-10)19-15(22)14(21)18-9-16(2,23-3)11-5-4-6-12(17)8-11/h4-8H,9H2,1-3H3,(H,18,21)(H,19,20,22). The summed E-state index contributed by atoms with van der Waals surface area (Å²) in [6, 6.07) is 8.62. The Bertz CT molecular complexity index is 746. The first-order valence-corrected chi connectivity index (χ1v) is 7.55. The first-order valence-electron chi connectivity index (χ1n) is 7.18. The smallest absolute Gasteiger partial charge is 0.314 e. The van der Waals surface area contributed by atoms with Gasteiger partial charge in [-0.2, -0.15) is 0 Å². The molecule has 8 heteroatoms. The van der Waals surface area contributed by atoms with Gasteiger partial charge in [-0.15, -0.1) is 0 Å². The van der Waals surface area contributed by atoms with Crippen LogP contribution in [0, 0.1) is 6.92 Å². The SMILES string of the molecule is COC(C)(CNC(=O)C(=O)Nc1cc(C)on1)c1cccc(Cl)c1. The van der Waals surface area contributed by atoms with Gasteiger partial charge < -0.3 is 14.6 Å². The number of halogens is 1. The van der Waals surface area contributed by atoms with Crippen LogP contribution in [0.5, 0.6) is 0 Å². The average Bonchev–Trinajstić information content (AvgIpc) is 2.97. The molecule has 0 fully saturated rings. The zero-order chi connectivity index (χ0) is 17.7. The van der Waals surface area contributed by atoms with Crippen LogP contribution in [0.2, 0.25) is 5.02 Å². The molecule has 0 radical (unpaired) electrons. The van der Waals surface area contributed by atoms with Crippen molar-refractivity contribution in [2.24, 2.45) is 0 Å². The minimum Gasteiger partial charge on any atom is -0.372 e. The van der Waals surface area contributed by atoms with Crippen molar-refractivity contribution in [2.75, 3.05) is 19.0 Å². The molecule has 0 aliphatic heterocycles. The fourth-order valence-corrected chi connectivity index (χ4v) is 2.23. The summed E-state index contributed by atoms with van der Waals surface area (Å²) >= 11 is 5.99. The molecule has 1 aromatic heterocycles. The average molecular weight is 352 g/mol. The molecule has 2 N–H and O–H groups in total. The lowest BCUT2D eigenvalue weighted by molar-refractivity contribution is -0.137. The second-order valence-electron chi connectivity index (χ2n) is 5.40. The third-order valence-electron chi connectivity index (χ3n) is 3.55. The minimum absolute atomic E-state index is 0.0912. The highest BCUT2D eigenvalue weighted by atomic mass is 35.5. The van der Waals surface area contributed by atoms with Crippen LogP contribution in [-0.4, -0.2) is 30.6 Å². The predicted molar refractivity (Wildman–Crippen MR) is 88.7 cm³/mol. The Labute approximate surface area is 144 Å². The van der Waals surface area contributed by atoms with Gasteiger partial charge in [0.1, 0.15) is 11.4 Å². The molecule has 0 aliphatic rings. The van der Waals surface area contributed by atoms with Crippen molar-refractivity contribution in [3.8, 4) is 0 Å². The van der Waals surface area contributed by atoms with Gasteiger partial charge in [-0.3, -0.25) is 14.9 Å². The number of carbonyl (C=O) groups is 2. The zero-order valence-electron chi connectivity index (χ0n) is 13.6. The van der Waals surface area contributed by atoms with Gasteiger partial charge in [-0.1, -0.05) is 28.9 Å². The highest BCUT2D eigenvalue weighted by Gasteiger charge is 2.28. The number of anilines is 1. The largest absolute Gasteiger partial charge is 0.372 e. The number of methoxy groups -OCH3 is 1. The molecule has 0 saturated heterocycles. The van der Waals surface area contributed by atoms with E-state index >= 15 is 0 Å². The Morgan fingerprint density at radius 3 is 2.67 bits per heavy atom. The molecule has 1 heterocycles. The molecule has 7 nitrogen and oxygen atoms in total. The summed E-state index contributed by atoms with van der Waals surface area (Å²) in [5.41, 5.74) is -0.0453. The third-order valence-corrected chi connectivity index (χ3v) is 3.78. The molecule has 1 unspecified atom stereocenters. The highest BCUT2D eigenvalue weighted by Crippen LogP contribution is 2.26. The quantitative estimate of drug-likeness (QED) is 0.806. The number of aromatic nitrogens is 1. The van der Waals surface area contributed by atoms with Crippen molar-refractivity contribution in [3.63, 3.8) is 0 Å². The fraction of sp³-hybridized carbons (Fsp3) is 0.312. The maximum Gasteiger partial charge on any atom is 0.314 e. The lowest BCUT2D eigenvalue weighted by atomic mass is 9.95. The Morgan fingerprint density at radius 2 is 2.08 bits per heavy atom. The Hall–Kier alpha value is -2.38. The number of benzene rings is 1. The number of aryl methyl sites for hydroxylation is 1. The van der Waals surface area contributed by atoms with Crippen molar-refractivity contribution < 1.29 is 18.8 Å². The lowest BCUT2D eigenvalue weighted by Gasteiger charge is -2.29. The van der Waals surface area contributed by atoms with Crippen LogP contribution in [0.4, 0.5) is 5.82 Å². The molecule has 0 spiro atoms. The van der Waals surface area contributed by atoms with Crippen LogP contribution in [0.25, 0.3) is 0 Å². The molecular weight excluding hydrogens is 334 g/mol. The molecule has 0 aliphatic carbocycles. The van der Waals surface area contributed by atoms with Crippen molar-refractivity contribution in [1.29, 1.82) is 0 Å². The summed E-state index contributed by atoms with van der Waals surface area (Å²) in [7, 11) is 1.52. The van der Waals surface area contributed by atoms with Gasteiger partial charge in [-0.25, -0.2) is 0 Å². The minimum atomic E-state index is -0.840. The lowest BCUT2D eigenvalue weighted by Crippen LogP contribution is -2.44. The molecule has 24 heavy (non-hydrogen) atoms. The van der Waals surface area contributed by atoms with Gasteiger partial charge in [0, 0.05) is 18.2 Å². The van der Waals surface area contributed by atoms with Crippen molar-refractivity contribution >= 4 is 29.2 Å². The van der Waals surface area contributed by atoms with Crippen LogP contribution in [0.3, 0.4) is 0 Å². The number of amides is 2. The van der Waals surface area contributed by atoms with Crippen molar-refractivity contribution in [1.82, 2.24) is 10.5 Å². The summed E-state index contributed by atoms with van der Waals surface area (Å²) in [4.78, 5) is 23.8. The fourth-order valence-electron chi connectivity index (χ4n) is 2.04. The molecule has 128 valence electrons. The molecule has 1 aromatic carbocycles. The number of rotatable bonds is 5. The number of nitrogens with one attached hydrogen (secondary N) is 2. The van der Waals surface area contributed by atoms with Crippen LogP contribution in [0.1, 0.15) is 18.2 Å². The normalized spacial score (nSPS) is 13.2. The second kappa shape index (κ2) is 7.46. The number of hydrogen-bond acceptors (Lipinski definition) is 5. The summed E-state index contributed by atoms with van der Waals surface area (Å²) < 4.78 is 10.3. The van der Waals surface area contributed by atoms with Crippen LogP contribution in [0.15, 0.2) is 34.9 Å². The van der Waals surface area contributed by atoms with Crippen LogP contribution in [-0.2, 0) is 19.9 Å². The summed E-state index contributed by atoms with van der Waals surface area (Å²) in [6.45, 7) is 3.56. The highest BCUT2D eigenvalue weighted by molar-refractivity contribution is 6.39. The van der Waals surface area contributed by atoms with Gasteiger partial charge in [0.15, 0.2) is 5.82 Å². The number of hydrogen-bond donors (Lipinski definition) is 2. The second-order valence-corrected chi connectivity index (χ2v) is 5.84. The number of nitrogens with zero attached hydrogens (tertiary/aromatic N) is 1. The maximum atomic E-state index is 12.0. The Morgan fingerprint density at radius 1 is 1.33 bits per heavy atom. The molecule has 2 rings (SSSR count). The van der Waals surface area contributed by atoms with Gasteiger partial charge >= 0.3 is 11.8 Å². The van der Waals surface area contributed by atoms with Gasteiger partial charge in [0.2, 0.25) is 0 Å². The summed E-state index contributed by atoms with van der Waals surface area (Å²) in [6.07, 6.45) is 0. The van der Waals surface area contributed by atoms with E-state index in [4.69, 9.17) is 20.9 Å². The van der Waals surface area contributed by atoms with E-state index in [1.807, 2.05) is 6.07 Å². The summed E-state index contributed by atoms with van der Waals surface area (Å²) in [5.74, 6) is -0.940. The molecule has 2 amide bonds. The van der Waals surface area contributed by atoms with E-state index in [0.29, 0.717) is 10.8 Å². The van der Waals surface area contributed by atoms with Gasteiger partial charge in [-0.05, 0) is 31.5 Å². The van der Waals surface area contributed by atoms with E-state index in [0.717, 1.165) is 5.56 Å². The molecule has 2 aromatic rings. The van der Waals surface area contributed by atoms with E-state index in [9.17, 15) is 9.59 Å². The molecule has 1 atom stereocenters. The maximum absolute atomic E-state index is 12.0. The predicted octanol–water partition coefficient (Wildman–Crippen LogP) is 2.25. The number of carbonyl (C=O) groups excluding carboxylic acids is 2. The zero-order valence-corrected chi connectivity index (χ0v) is 14.3. The first-order chi connectivity index (χ1) is 11.3. The van der Waals surface area contributed by atoms with E-state index in [1.165, 1.54) is 13.2 Å². The Kier molecular flexibility index (Phi) is 5.58.